The lowest BCUT2D eigenvalue weighted by atomic mass is 9.93. The summed E-state index contributed by atoms with van der Waals surface area (Å²) in [4.78, 5) is 6.92. The molecule has 0 amide bonds. The molecule has 1 aliphatic rings. The lowest BCUT2D eigenvalue weighted by molar-refractivity contribution is 0.240. The van der Waals surface area contributed by atoms with E-state index in [1.165, 1.54) is 33.9 Å². The van der Waals surface area contributed by atoms with Crippen LogP contribution in [0.2, 0.25) is 0 Å². The molecular weight excluding hydrogens is 306 g/mol. The van der Waals surface area contributed by atoms with E-state index in [9.17, 15) is 0 Å². The van der Waals surface area contributed by atoms with Crippen molar-refractivity contribution in [2.24, 2.45) is 0 Å². The molecule has 3 aromatic rings. The van der Waals surface area contributed by atoms with Crippen LogP contribution in [0.4, 0.5) is 0 Å². The van der Waals surface area contributed by atoms with Crippen LogP contribution in [0.1, 0.15) is 29.2 Å². The molecule has 2 heterocycles. The van der Waals surface area contributed by atoms with Crippen LogP contribution >= 0.6 is 0 Å². The summed E-state index contributed by atoms with van der Waals surface area (Å²) in [7, 11) is 0. The number of hydrogen-bond donors (Lipinski definition) is 1. The quantitative estimate of drug-likeness (QED) is 0.788. The normalized spacial score (nSPS) is 17.3. The Labute approximate surface area is 149 Å². The highest BCUT2D eigenvalue weighted by Gasteiger charge is 2.24. The van der Waals surface area contributed by atoms with Crippen molar-refractivity contribution in [2.75, 3.05) is 26.2 Å². The van der Waals surface area contributed by atoms with Gasteiger partial charge in [-0.05, 0) is 59.5 Å². The number of nitrogens with one attached hydrogen (secondary N) is 1. The minimum atomic E-state index is 0.285. The van der Waals surface area contributed by atoms with Crippen LogP contribution in [0.15, 0.2) is 60.9 Å². The Balaban J connectivity index is 1.81. The number of hydrogen-bond acceptors (Lipinski definition) is 3. The van der Waals surface area contributed by atoms with Gasteiger partial charge < -0.3 is 5.32 Å². The number of rotatable bonds is 3. The second-order valence-corrected chi connectivity index (χ2v) is 6.88. The zero-order chi connectivity index (χ0) is 17.1. The molecule has 1 fully saturated rings. The fourth-order valence-corrected chi connectivity index (χ4v) is 3.88. The van der Waals surface area contributed by atoms with Gasteiger partial charge in [-0.3, -0.25) is 9.88 Å². The van der Waals surface area contributed by atoms with Crippen molar-refractivity contribution in [3.63, 3.8) is 0 Å². The fourth-order valence-electron chi connectivity index (χ4n) is 3.88. The van der Waals surface area contributed by atoms with Gasteiger partial charge in [0, 0.05) is 32.0 Å². The summed E-state index contributed by atoms with van der Waals surface area (Å²) >= 11 is 0. The first-order chi connectivity index (χ1) is 12.3. The van der Waals surface area contributed by atoms with Crippen molar-refractivity contribution < 1.29 is 0 Å². The van der Waals surface area contributed by atoms with Gasteiger partial charge in [-0.1, -0.05) is 36.4 Å². The Kier molecular flexibility index (Phi) is 4.77. The summed E-state index contributed by atoms with van der Waals surface area (Å²) < 4.78 is 0. The van der Waals surface area contributed by atoms with Gasteiger partial charge in [0.25, 0.3) is 0 Å². The van der Waals surface area contributed by atoms with Crippen molar-refractivity contribution in [1.29, 1.82) is 0 Å². The summed E-state index contributed by atoms with van der Waals surface area (Å²) in [6, 6.07) is 18.0. The van der Waals surface area contributed by atoms with E-state index in [0.717, 1.165) is 26.2 Å². The molecule has 3 nitrogen and oxygen atoms in total. The molecule has 1 unspecified atom stereocenters. The highest BCUT2D eigenvalue weighted by molar-refractivity contribution is 5.83. The highest BCUT2D eigenvalue weighted by Crippen LogP contribution is 2.32. The standard InChI is InChI=1S/C22H25N3/c1-17-16-24-11-9-21(17)22(25-13-4-10-23-12-14-25)20-8-7-18-5-2-3-6-19(18)15-20/h2-3,5-9,11,15-16,22-23H,4,10,12-14H2,1H3. The SMILES string of the molecule is Cc1cnccc1C(c1ccc2ccccc2c1)N1CCCNCC1. The number of aryl methyl sites for hydroxylation is 1. The first-order valence-corrected chi connectivity index (χ1v) is 9.17. The third-order valence-electron chi connectivity index (χ3n) is 5.19. The van der Waals surface area contributed by atoms with Gasteiger partial charge in [-0.15, -0.1) is 0 Å². The molecule has 1 aliphatic heterocycles. The number of pyridine rings is 1. The molecule has 0 spiro atoms. The van der Waals surface area contributed by atoms with E-state index in [2.05, 4.69) is 70.7 Å². The van der Waals surface area contributed by atoms with Crippen LogP contribution in [-0.2, 0) is 0 Å². The Hall–Kier alpha value is -2.23. The average Bonchev–Trinajstić information content (AvgIpc) is 2.93. The molecule has 1 atom stereocenters. The van der Waals surface area contributed by atoms with Gasteiger partial charge >= 0.3 is 0 Å². The molecule has 0 bridgehead atoms. The molecule has 0 radical (unpaired) electrons. The molecular formula is C22H25N3. The van der Waals surface area contributed by atoms with Crippen molar-refractivity contribution >= 4 is 10.8 Å². The van der Waals surface area contributed by atoms with Gasteiger partial charge in [-0.2, -0.15) is 0 Å². The maximum atomic E-state index is 4.30. The summed E-state index contributed by atoms with van der Waals surface area (Å²) in [6.45, 7) is 6.52. The minimum Gasteiger partial charge on any atom is -0.315 e. The second-order valence-electron chi connectivity index (χ2n) is 6.88. The maximum Gasteiger partial charge on any atom is 0.0606 e. The summed E-state index contributed by atoms with van der Waals surface area (Å²) in [6.07, 6.45) is 5.10. The Morgan fingerprint density at radius 2 is 1.88 bits per heavy atom. The Morgan fingerprint density at radius 3 is 2.76 bits per heavy atom. The van der Waals surface area contributed by atoms with Crippen molar-refractivity contribution in [3.05, 3.63) is 77.6 Å². The molecule has 2 aromatic carbocycles. The predicted molar refractivity (Wildman–Crippen MR) is 104 cm³/mol. The molecule has 0 saturated carbocycles. The smallest absolute Gasteiger partial charge is 0.0606 e. The van der Waals surface area contributed by atoms with E-state index in [-0.39, 0.29) is 6.04 Å². The van der Waals surface area contributed by atoms with Gasteiger partial charge in [-0.25, -0.2) is 0 Å². The molecule has 1 aromatic heterocycles. The van der Waals surface area contributed by atoms with Crippen LogP contribution < -0.4 is 5.32 Å². The van der Waals surface area contributed by atoms with Crippen LogP contribution in [0.25, 0.3) is 10.8 Å². The van der Waals surface area contributed by atoms with Gasteiger partial charge in [0.2, 0.25) is 0 Å². The number of fused-ring (bicyclic) bond motifs is 1. The summed E-state index contributed by atoms with van der Waals surface area (Å²) in [5.74, 6) is 0. The summed E-state index contributed by atoms with van der Waals surface area (Å²) in [5.41, 5.74) is 4.00. The van der Waals surface area contributed by atoms with E-state index in [1.807, 2.05) is 12.4 Å². The Bertz CT molecular complexity index is 851. The molecule has 1 saturated heterocycles. The minimum absolute atomic E-state index is 0.285. The maximum absolute atomic E-state index is 4.30. The van der Waals surface area contributed by atoms with Crippen molar-refractivity contribution in [3.8, 4) is 0 Å². The fraction of sp³-hybridized carbons (Fsp3) is 0.318. The van der Waals surface area contributed by atoms with Crippen LogP contribution in [0, 0.1) is 6.92 Å². The number of benzene rings is 2. The molecule has 128 valence electrons. The molecule has 0 aliphatic carbocycles. The van der Waals surface area contributed by atoms with Crippen LogP contribution in [-0.4, -0.2) is 36.1 Å². The Morgan fingerprint density at radius 1 is 1.00 bits per heavy atom. The number of aromatic nitrogens is 1. The third kappa shape index (κ3) is 3.44. The van der Waals surface area contributed by atoms with E-state index in [1.54, 1.807) is 0 Å². The molecule has 3 heteroatoms. The van der Waals surface area contributed by atoms with E-state index < -0.39 is 0 Å². The third-order valence-corrected chi connectivity index (χ3v) is 5.19. The molecule has 25 heavy (non-hydrogen) atoms. The zero-order valence-electron chi connectivity index (χ0n) is 14.8. The first kappa shape index (κ1) is 16.2. The first-order valence-electron chi connectivity index (χ1n) is 9.17. The van der Waals surface area contributed by atoms with Crippen molar-refractivity contribution in [1.82, 2.24) is 15.2 Å². The van der Waals surface area contributed by atoms with E-state index in [0.29, 0.717) is 0 Å². The molecule has 1 N–H and O–H groups in total. The predicted octanol–water partition coefficient (Wildman–Crippen LogP) is 3.93. The largest absolute Gasteiger partial charge is 0.315 e. The van der Waals surface area contributed by atoms with Crippen LogP contribution in [0.3, 0.4) is 0 Å². The monoisotopic (exact) mass is 331 g/mol. The summed E-state index contributed by atoms with van der Waals surface area (Å²) in [5, 5.41) is 6.14. The second kappa shape index (κ2) is 7.34. The average molecular weight is 331 g/mol. The number of nitrogens with zero attached hydrogens (tertiary/aromatic N) is 2. The van der Waals surface area contributed by atoms with Gasteiger partial charge in [0.05, 0.1) is 6.04 Å². The van der Waals surface area contributed by atoms with E-state index >= 15 is 0 Å². The zero-order valence-corrected chi connectivity index (χ0v) is 14.8. The highest BCUT2D eigenvalue weighted by atomic mass is 15.2. The lowest BCUT2D eigenvalue weighted by Gasteiger charge is -2.32. The van der Waals surface area contributed by atoms with Gasteiger partial charge in [0.15, 0.2) is 0 Å². The topological polar surface area (TPSA) is 28.2 Å². The van der Waals surface area contributed by atoms with E-state index in [4.69, 9.17) is 0 Å². The lowest BCUT2D eigenvalue weighted by Crippen LogP contribution is -2.33. The molecule has 4 rings (SSSR count). The van der Waals surface area contributed by atoms with Gasteiger partial charge in [0.1, 0.15) is 0 Å². The van der Waals surface area contributed by atoms with Crippen LogP contribution in [0.5, 0.6) is 0 Å². The van der Waals surface area contributed by atoms with Crippen molar-refractivity contribution in [2.45, 2.75) is 19.4 Å².